The Labute approximate surface area is 103 Å². The van der Waals surface area contributed by atoms with Crippen molar-refractivity contribution < 1.29 is 35.9 Å². The van der Waals surface area contributed by atoms with Gasteiger partial charge >= 0.3 is 12.1 Å². The molecule has 1 aromatic rings. The Kier molecular flexibility index (Phi) is 4.02. The number of carbonyl (C=O) groups excluding carboxylic acids is 2. The molecule has 0 N–H and O–H groups in total. The number of benzene rings is 1. The Bertz CT molecular complexity index is 489. The first kappa shape index (κ1) is 15.2. The fourth-order valence-corrected chi connectivity index (χ4v) is 1.15. The van der Waals surface area contributed by atoms with Gasteiger partial charge in [0.05, 0.1) is 6.42 Å². The third kappa shape index (κ3) is 3.33. The molecule has 0 heterocycles. The zero-order valence-electron chi connectivity index (χ0n) is 9.10. The second-order valence-electron chi connectivity index (χ2n) is 3.60. The van der Waals surface area contributed by atoms with Gasteiger partial charge < -0.3 is 0 Å². The van der Waals surface area contributed by atoms with Gasteiger partial charge in [-0.25, -0.2) is 4.39 Å². The van der Waals surface area contributed by atoms with Crippen LogP contribution in [0, 0.1) is 5.82 Å². The number of alkyl halides is 5. The maximum Gasteiger partial charge on any atom is 0.461 e. The van der Waals surface area contributed by atoms with Crippen molar-refractivity contribution >= 4 is 11.6 Å². The Balaban J connectivity index is 2.83. The van der Waals surface area contributed by atoms with E-state index in [1.165, 1.54) is 0 Å². The molecular formula is C11H6F6O2. The van der Waals surface area contributed by atoms with Crippen LogP contribution in [0.1, 0.15) is 16.8 Å². The molecule has 0 spiro atoms. The molecule has 0 amide bonds. The minimum atomic E-state index is -6.05. The van der Waals surface area contributed by atoms with Crippen LogP contribution in [0.25, 0.3) is 0 Å². The van der Waals surface area contributed by atoms with E-state index in [2.05, 4.69) is 0 Å². The van der Waals surface area contributed by atoms with Gasteiger partial charge in [-0.3, -0.25) is 9.59 Å². The normalized spacial score (nSPS) is 12.3. The van der Waals surface area contributed by atoms with E-state index in [0.717, 1.165) is 24.3 Å². The van der Waals surface area contributed by atoms with E-state index >= 15 is 0 Å². The molecule has 1 aromatic carbocycles. The molecular weight excluding hydrogens is 278 g/mol. The molecule has 0 atom stereocenters. The SMILES string of the molecule is O=C(CC(=O)C(F)(F)C(F)(F)F)c1ccc(F)cc1. The first-order valence-corrected chi connectivity index (χ1v) is 4.82. The predicted molar refractivity (Wildman–Crippen MR) is 51.4 cm³/mol. The zero-order valence-corrected chi connectivity index (χ0v) is 9.10. The average Bonchev–Trinajstić information content (AvgIpc) is 2.28. The van der Waals surface area contributed by atoms with Crippen molar-refractivity contribution in [1.29, 1.82) is 0 Å². The lowest BCUT2D eigenvalue weighted by molar-refractivity contribution is -0.268. The first-order chi connectivity index (χ1) is 8.55. The van der Waals surface area contributed by atoms with Crippen molar-refractivity contribution in [1.82, 2.24) is 0 Å². The summed E-state index contributed by atoms with van der Waals surface area (Å²) in [5.41, 5.74) is -0.326. The molecule has 0 aliphatic rings. The number of carbonyl (C=O) groups is 2. The van der Waals surface area contributed by atoms with Crippen molar-refractivity contribution in [3.8, 4) is 0 Å². The van der Waals surface area contributed by atoms with Crippen molar-refractivity contribution in [2.24, 2.45) is 0 Å². The highest BCUT2D eigenvalue weighted by atomic mass is 19.4. The molecule has 0 aromatic heterocycles. The van der Waals surface area contributed by atoms with Gasteiger partial charge in [0.25, 0.3) is 0 Å². The number of hydrogen-bond donors (Lipinski definition) is 0. The second-order valence-corrected chi connectivity index (χ2v) is 3.60. The number of halogens is 6. The van der Waals surface area contributed by atoms with E-state index in [1.807, 2.05) is 0 Å². The Morgan fingerprint density at radius 3 is 1.84 bits per heavy atom. The zero-order chi connectivity index (χ0) is 14.8. The molecule has 0 radical (unpaired) electrons. The molecule has 0 unspecified atom stereocenters. The van der Waals surface area contributed by atoms with E-state index in [1.54, 1.807) is 0 Å². The Morgan fingerprint density at radius 1 is 0.947 bits per heavy atom. The Hall–Kier alpha value is -1.86. The van der Waals surface area contributed by atoms with Crippen LogP contribution in [-0.4, -0.2) is 23.7 Å². The number of ketones is 2. The van der Waals surface area contributed by atoms with Crippen LogP contribution in [0.5, 0.6) is 0 Å². The van der Waals surface area contributed by atoms with Crippen LogP contribution in [-0.2, 0) is 4.79 Å². The molecule has 19 heavy (non-hydrogen) atoms. The van der Waals surface area contributed by atoms with Gasteiger partial charge in [-0.2, -0.15) is 22.0 Å². The monoisotopic (exact) mass is 284 g/mol. The summed E-state index contributed by atoms with van der Waals surface area (Å²) in [6.07, 6.45) is -7.66. The summed E-state index contributed by atoms with van der Waals surface area (Å²) in [4.78, 5) is 22.1. The molecule has 1 rings (SSSR count). The fraction of sp³-hybridized carbons (Fsp3) is 0.273. The third-order valence-electron chi connectivity index (χ3n) is 2.19. The summed E-state index contributed by atoms with van der Waals surface area (Å²) in [5.74, 6) is -10.1. The minimum absolute atomic E-state index is 0.326. The van der Waals surface area contributed by atoms with Gasteiger partial charge in [0, 0.05) is 5.56 Å². The summed E-state index contributed by atoms with van der Waals surface area (Å²) < 4.78 is 73.2. The minimum Gasteiger partial charge on any atom is -0.294 e. The predicted octanol–water partition coefficient (Wildman–Crippen LogP) is 3.17. The number of rotatable bonds is 4. The summed E-state index contributed by atoms with van der Waals surface area (Å²) >= 11 is 0. The lowest BCUT2D eigenvalue weighted by Crippen LogP contribution is -2.44. The van der Waals surface area contributed by atoms with Gasteiger partial charge in [-0.15, -0.1) is 0 Å². The topological polar surface area (TPSA) is 34.1 Å². The lowest BCUT2D eigenvalue weighted by Gasteiger charge is -2.17. The lowest BCUT2D eigenvalue weighted by atomic mass is 10.0. The maximum absolute atomic E-state index is 12.6. The molecule has 0 fully saturated rings. The van der Waals surface area contributed by atoms with Crippen LogP contribution in [0.3, 0.4) is 0 Å². The van der Waals surface area contributed by atoms with Crippen LogP contribution in [0.4, 0.5) is 26.3 Å². The van der Waals surface area contributed by atoms with Crippen molar-refractivity contribution in [3.05, 3.63) is 35.6 Å². The molecule has 104 valence electrons. The summed E-state index contributed by atoms with van der Waals surface area (Å²) in [6.45, 7) is 0. The van der Waals surface area contributed by atoms with Gasteiger partial charge in [0.15, 0.2) is 5.78 Å². The highest BCUT2D eigenvalue weighted by Gasteiger charge is 2.62. The summed E-state index contributed by atoms with van der Waals surface area (Å²) in [6, 6.07) is 3.41. The molecule has 0 saturated carbocycles. The smallest absolute Gasteiger partial charge is 0.294 e. The second kappa shape index (κ2) is 5.02. The Morgan fingerprint density at radius 2 is 1.42 bits per heavy atom. The van der Waals surface area contributed by atoms with Crippen LogP contribution >= 0.6 is 0 Å². The van der Waals surface area contributed by atoms with Gasteiger partial charge in [0.2, 0.25) is 5.78 Å². The summed E-state index contributed by atoms with van der Waals surface area (Å²) in [7, 11) is 0. The third-order valence-corrected chi connectivity index (χ3v) is 2.19. The fourth-order valence-electron chi connectivity index (χ4n) is 1.15. The van der Waals surface area contributed by atoms with Crippen molar-refractivity contribution in [2.75, 3.05) is 0 Å². The van der Waals surface area contributed by atoms with Gasteiger partial charge in [0.1, 0.15) is 5.82 Å². The average molecular weight is 284 g/mol. The number of hydrogen-bond acceptors (Lipinski definition) is 2. The van der Waals surface area contributed by atoms with Crippen LogP contribution in [0.15, 0.2) is 24.3 Å². The molecule has 8 heteroatoms. The van der Waals surface area contributed by atoms with Gasteiger partial charge in [-0.05, 0) is 24.3 Å². The van der Waals surface area contributed by atoms with Gasteiger partial charge in [-0.1, -0.05) is 0 Å². The highest BCUT2D eigenvalue weighted by molar-refractivity contribution is 6.10. The molecule has 0 saturated heterocycles. The standard InChI is InChI=1S/C11H6F6O2/c12-7-3-1-6(2-4-7)8(18)5-9(19)10(13,14)11(15,16)17/h1-4H,5H2. The maximum atomic E-state index is 12.6. The van der Waals surface area contributed by atoms with Crippen molar-refractivity contribution in [2.45, 2.75) is 18.5 Å². The molecule has 0 aliphatic carbocycles. The van der Waals surface area contributed by atoms with Crippen LogP contribution in [0.2, 0.25) is 0 Å². The highest BCUT2D eigenvalue weighted by Crippen LogP contribution is 2.37. The summed E-state index contributed by atoms with van der Waals surface area (Å²) in [5, 5.41) is 0. The molecule has 0 aliphatic heterocycles. The first-order valence-electron chi connectivity index (χ1n) is 4.82. The van der Waals surface area contributed by atoms with Crippen molar-refractivity contribution in [3.63, 3.8) is 0 Å². The van der Waals surface area contributed by atoms with E-state index in [9.17, 15) is 35.9 Å². The quantitative estimate of drug-likeness (QED) is 0.483. The molecule has 2 nitrogen and oxygen atoms in total. The number of Topliss-reactive ketones (excluding diaryl/α,β-unsaturated/α-hetero) is 2. The largest absolute Gasteiger partial charge is 0.461 e. The van der Waals surface area contributed by atoms with Crippen LogP contribution < -0.4 is 0 Å². The molecule has 0 bridgehead atoms. The van der Waals surface area contributed by atoms with E-state index < -0.39 is 35.9 Å². The van der Waals surface area contributed by atoms with E-state index in [4.69, 9.17) is 0 Å². The van der Waals surface area contributed by atoms with E-state index in [0.29, 0.717) is 0 Å². The van der Waals surface area contributed by atoms with E-state index in [-0.39, 0.29) is 5.56 Å².